The Labute approximate surface area is 194 Å². The zero-order chi connectivity index (χ0) is 24.1. The fraction of sp³-hybridized carbons (Fsp3) is 0.154. The van der Waals surface area contributed by atoms with E-state index in [1.165, 1.54) is 30.3 Å². The van der Waals surface area contributed by atoms with Gasteiger partial charge in [-0.15, -0.1) is 0 Å². The Morgan fingerprint density at radius 3 is 2.35 bits per heavy atom. The molecule has 0 radical (unpaired) electrons. The van der Waals surface area contributed by atoms with Gasteiger partial charge in [0.2, 0.25) is 11.8 Å². The maximum absolute atomic E-state index is 14.4. The number of aromatic nitrogens is 2. The van der Waals surface area contributed by atoms with E-state index >= 15 is 0 Å². The van der Waals surface area contributed by atoms with Gasteiger partial charge < -0.3 is 10.1 Å². The highest BCUT2D eigenvalue weighted by atomic mass is 19.1. The number of benzene rings is 3. The predicted molar refractivity (Wildman–Crippen MR) is 123 cm³/mol. The molecular weight excluding hydrogens is 443 g/mol. The molecule has 3 aromatic carbocycles. The second kappa shape index (κ2) is 10.2. The number of carbonyl (C=O) groups is 1. The predicted octanol–water partition coefficient (Wildman–Crippen LogP) is 6.22. The zero-order valence-electron chi connectivity index (χ0n) is 18.4. The highest BCUT2D eigenvalue weighted by molar-refractivity contribution is 5.90. The van der Waals surface area contributed by atoms with Crippen LogP contribution in [0.5, 0.6) is 11.6 Å². The average Bonchev–Trinajstić information content (AvgIpc) is 3.19. The van der Waals surface area contributed by atoms with Crippen LogP contribution < -0.4 is 10.1 Å². The van der Waals surface area contributed by atoms with Crippen molar-refractivity contribution in [2.45, 2.75) is 26.2 Å². The van der Waals surface area contributed by atoms with Crippen molar-refractivity contribution in [1.29, 1.82) is 0 Å². The van der Waals surface area contributed by atoms with Gasteiger partial charge in [-0.05, 0) is 61.4 Å². The molecule has 0 unspecified atom stereocenters. The number of nitrogens with zero attached hydrogens (tertiary/aromatic N) is 2. The number of para-hydroxylation sites is 1. The quantitative estimate of drug-likeness (QED) is 0.336. The maximum atomic E-state index is 14.4. The molecule has 8 heteroatoms. The lowest BCUT2D eigenvalue weighted by molar-refractivity contribution is -0.116. The largest absolute Gasteiger partial charge is 0.436 e. The summed E-state index contributed by atoms with van der Waals surface area (Å²) in [6.45, 7) is 1.92. The number of hydrogen-bond acceptors (Lipinski definition) is 3. The van der Waals surface area contributed by atoms with Crippen molar-refractivity contribution in [2.75, 3.05) is 5.32 Å². The van der Waals surface area contributed by atoms with Gasteiger partial charge in [0.05, 0.1) is 11.4 Å². The molecule has 4 aromatic rings. The molecule has 1 amide bonds. The third-order valence-electron chi connectivity index (χ3n) is 5.19. The second-order valence-corrected chi connectivity index (χ2v) is 7.56. The van der Waals surface area contributed by atoms with Crippen molar-refractivity contribution in [3.63, 3.8) is 0 Å². The lowest BCUT2D eigenvalue weighted by Gasteiger charge is -2.12. The molecule has 0 spiro atoms. The molecule has 174 valence electrons. The summed E-state index contributed by atoms with van der Waals surface area (Å²) in [4.78, 5) is 12.5. The number of hydrogen-bond donors (Lipinski definition) is 1. The van der Waals surface area contributed by atoms with Crippen molar-refractivity contribution in [3.8, 4) is 17.3 Å². The first-order valence-electron chi connectivity index (χ1n) is 10.8. The molecule has 0 fully saturated rings. The van der Waals surface area contributed by atoms with Crippen molar-refractivity contribution >= 4 is 11.6 Å². The fourth-order valence-corrected chi connectivity index (χ4v) is 3.52. The van der Waals surface area contributed by atoms with Crippen molar-refractivity contribution in [2.24, 2.45) is 0 Å². The van der Waals surface area contributed by atoms with Gasteiger partial charge in [0.15, 0.2) is 11.6 Å². The van der Waals surface area contributed by atoms with Crippen LogP contribution in [0.25, 0.3) is 5.69 Å². The lowest BCUT2D eigenvalue weighted by atomic mass is 10.1. The van der Waals surface area contributed by atoms with Crippen LogP contribution in [0, 0.1) is 17.5 Å². The van der Waals surface area contributed by atoms with Crippen LogP contribution in [0.3, 0.4) is 0 Å². The third-order valence-corrected chi connectivity index (χ3v) is 5.19. The van der Waals surface area contributed by atoms with Gasteiger partial charge in [0.1, 0.15) is 11.6 Å². The van der Waals surface area contributed by atoms with Crippen LogP contribution in [-0.2, 0) is 17.6 Å². The number of anilines is 1. The van der Waals surface area contributed by atoms with Crippen molar-refractivity contribution in [1.82, 2.24) is 9.78 Å². The molecule has 0 aliphatic heterocycles. The van der Waals surface area contributed by atoms with Crippen molar-refractivity contribution < 1.29 is 22.7 Å². The molecule has 34 heavy (non-hydrogen) atoms. The molecule has 1 N–H and O–H groups in total. The third kappa shape index (κ3) is 5.28. The van der Waals surface area contributed by atoms with Gasteiger partial charge >= 0.3 is 0 Å². The second-order valence-electron chi connectivity index (χ2n) is 7.56. The molecular formula is C26H22F3N3O2. The standard InChI is InChI=1S/C26H22F3N3O2/c1-2-23-21(13-15-25(33)30-19-11-8-17(27)9-12-19)26(32(31-23)20-6-4-3-5-7-20)34-24-14-10-18(28)16-22(24)29/h3-12,14,16H,2,13,15H2,1H3,(H,30,33). The summed E-state index contributed by atoms with van der Waals surface area (Å²) in [5, 5.41) is 7.36. The first-order valence-corrected chi connectivity index (χ1v) is 10.8. The number of aryl methyl sites for hydroxylation is 1. The molecule has 0 atom stereocenters. The molecule has 1 heterocycles. The Kier molecular flexibility index (Phi) is 6.96. The van der Waals surface area contributed by atoms with E-state index in [1.807, 2.05) is 37.3 Å². The van der Waals surface area contributed by atoms with Gasteiger partial charge in [-0.1, -0.05) is 25.1 Å². The zero-order valence-corrected chi connectivity index (χ0v) is 18.4. The highest BCUT2D eigenvalue weighted by Gasteiger charge is 2.22. The Bertz CT molecular complexity index is 1290. The van der Waals surface area contributed by atoms with Gasteiger partial charge in [0.25, 0.3) is 0 Å². The summed E-state index contributed by atoms with van der Waals surface area (Å²) in [5.41, 5.74) is 2.50. The van der Waals surface area contributed by atoms with E-state index in [0.29, 0.717) is 29.1 Å². The minimum atomic E-state index is -0.848. The Hall–Kier alpha value is -4.07. The summed E-state index contributed by atoms with van der Waals surface area (Å²) in [6.07, 6.45) is 0.908. The number of ether oxygens (including phenoxy) is 1. The van der Waals surface area contributed by atoms with Crippen LogP contribution in [0.15, 0.2) is 72.8 Å². The normalized spacial score (nSPS) is 10.8. The maximum Gasteiger partial charge on any atom is 0.226 e. The number of carbonyl (C=O) groups excluding carboxylic acids is 1. The summed E-state index contributed by atoms with van der Waals surface area (Å²) in [5.74, 6) is -2.14. The Morgan fingerprint density at radius 1 is 0.971 bits per heavy atom. The molecule has 0 saturated carbocycles. The molecule has 0 bridgehead atoms. The molecule has 1 aromatic heterocycles. The molecule has 5 nitrogen and oxygen atoms in total. The van der Waals surface area contributed by atoms with E-state index in [1.54, 1.807) is 4.68 Å². The van der Waals surface area contributed by atoms with Crippen LogP contribution in [0.4, 0.5) is 18.9 Å². The van der Waals surface area contributed by atoms with Crippen LogP contribution >= 0.6 is 0 Å². The summed E-state index contributed by atoms with van der Waals surface area (Å²) >= 11 is 0. The first-order chi connectivity index (χ1) is 16.4. The average molecular weight is 465 g/mol. The van der Waals surface area contributed by atoms with Gasteiger partial charge in [0, 0.05) is 23.7 Å². The minimum Gasteiger partial charge on any atom is -0.436 e. The van der Waals surface area contributed by atoms with Crippen LogP contribution in [-0.4, -0.2) is 15.7 Å². The van der Waals surface area contributed by atoms with Gasteiger partial charge in [-0.2, -0.15) is 5.10 Å². The molecule has 0 aliphatic carbocycles. The topological polar surface area (TPSA) is 56.2 Å². The van der Waals surface area contributed by atoms with Gasteiger partial charge in [-0.3, -0.25) is 4.79 Å². The number of nitrogens with one attached hydrogen (secondary N) is 1. The summed E-state index contributed by atoms with van der Waals surface area (Å²) in [6, 6.07) is 17.7. The van der Waals surface area contributed by atoms with E-state index in [9.17, 15) is 18.0 Å². The van der Waals surface area contributed by atoms with E-state index in [-0.39, 0.29) is 30.4 Å². The van der Waals surface area contributed by atoms with Crippen molar-refractivity contribution in [3.05, 3.63) is 102 Å². The van der Waals surface area contributed by atoms with Gasteiger partial charge in [-0.25, -0.2) is 17.9 Å². The number of halogens is 3. The first kappa shape index (κ1) is 23.1. The Balaban J connectivity index is 1.65. The lowest BCUT2D eigenvalue weighted by Crippen LogP contribution is -2.13. The van der Waals surface area contributed by atoms with Crippen LogP contribution in [0.1, 0.15) is 24.6 Å². The smallest absolute Gasteiger partial charge is 0.226 e. The van der Waals surface area contributed by atoms with E-state index < -0.39 is 17.5 Å². The van der Waals surface area contributed by atoms with E-state index in [4.69, 9.17) is 4.74 Å². The molecule has 0 saturated heterocycles. The molecule has 0 aliphatic rings. The number of amides is 1. The molecule has 4 rings (SSSR count). The summed E-state index contributed by atoms with van der Waals surface area (Å²) < 4.78 is 48.4. The van der Waals surface area contributed by atoms with E-state index in [2.05, 4.69) is 10.4 Å². The summed E-state index contributed by atoms with van der Waals surface area (Å²) in [7, 11) is 0. The Morgan fingerprint density at radius 2 is 1.68 bits per heavy atom. The monoisotopic (exact) mass is 465 g/mol. The SMILES string of the molecule is CCc1nn(-c2ccccc2)c(Oc2ccc(F)cc2F)c1CCC(=O)Nc1ccc(F)cc1. The number of rotatable bonds is 8. The van der Waals surface area contributed by atoms with Crippen LogP contribution in [0.2, 0.25) is 0 Å². The van der Waals surface area contributed by atoms with E-state index in [0.717, 1.165) is 12.1 Å². The minimum absolute atomic E-state index is 0.0904. The fourth-order valence-electron chi connectivity index (χ4n) is 3.52. The highest BCUT2D eigenvalue weighted by Crippen LogP contribution is 2.33.